The Morgan fingerprint density at radius 2 is 1.42 bits per heavy atom. The highest BCUT2D eigenvalue weighted by Gasteiger charge is 2.39. The Bertz CT molecular complexity index is 1280. The second-order valence-corrected chi connectivity index (χ2v) is 12.4. The smallest absolute Gasteiger partial charge is 0.317 e. The summed E-state index contributed by atoms with van der Waals surface area (Å²) in [7, 11) is 2.00. The number of benzene rings is 3. The first-order chi connectivity index (χ1) is 21.0. The molecule has 0 aromatic heterocycles. The summed E-state index contributed by atoms with van der Waals surface area (Å²) in [5, 5.41) is 3.16. The van der Waals surface area contributed by atoms with E-state index in [2.05, 4.69) is 64.5 Å². The van der Waals surface area contributed by atoms with Crippen molar-refractivity contribution >= 4 is 11.9 Å². The number of likely N-dealkylation sites (N-methyl/N-ethyl adjacent to an activating group) is 1. The third kappa shape index (κ3) is 8.26. The van der Waals surface area contributed by atoms with Gasteiger partial charge in [-0.3, -0.25) is 4.79 Å². The van der Waals surface area contributed by atoms with Crippen LogP contribution in [0.5, 0.6) is 0 Å². The third-order valence-electron chi connectivity index (χ3n) is 9.54. The van der Waals surface area contributed by atoms with Gasteiger partial charge in [0.05, 0.1) is 6.42 Å². The molecule has 3 aromatic carbocycles. The summed E-state index contributed by atoms with van der Waals surface area (Å²) in [5.41, 5.74) is 3.58. The number of piperidine rings is 1. The lowest BCUT2D eigenvalue weighted by Crippen LogP contribution is -2.51. The van der Waals surface area contributed by atoms with Crippen LogP contribution in [-0.4, -0.2) is 71.9 Å². The number of carbonyl (C=O) groups excluding carboxylic acids is 2. The van der Waals surface area contributed by atoms with Crippen LogP contribution in [-0.2, 0) is 17.8 Å². The normalized spacial score (nSPS) is 20.9. The molecule has 43 heavy (non-hydrogen) atoms. The van der Waals surface area contributed by atoms with Gasteiger partial charge < -0.3 is 20.0 Å². The van der Waals surface area contributed by atoms with Gasteiger partial charge in [-0.15, -0.1) is 0 Å². The minimum absolute atomic E-state index is 0.0511. The molecule has 5 rings (SSSR count). The number of hydrogen-bond acceptors (Lipinski definition) is 3. The van der Waals surface area contributed by atoms with Crippen molar-refractivity contribution in [2.24, 2.45) is 5.92 Å². The van der Waals surface area contributed by atoms with Crippen molar-refractivity contribution in [3.63, 3.8) is 0 Å². The lowest BCUT2D eigenvalue weighted by molar-refractivity contribution is -0.131. The van der Waals surface area contributed by atoms with Gasteiger partial charge in [0.1, 0.15) is 0 Å². The number of nitrogens with zero attached hydrogens (tertiary/aromatic N) is 3. The zero-order valence-electron chi connectivity index (χ0n) is 25.9. The van der Waals surface area contributed by atoms with Crippen molar-refractivity contribution in [1.29, 1.82) is 0 Å². The molecule has 1 N–H and O–H groups in total. The molecule has 0 bridgehead atoms. The standard InChI is InChI=1S/C37H48N4O2/c1-3-21-41(37(43)38-27-30-15-9-5-10-16-30)33-19-22-40(23-20-33)28-32-25-34(26-35(32)31-17-11-6-12-18-31)39(2)36(42)24-29-13-7-4-8-14-29/h4-18,32-35H,3,19-28H2,1-2H3,(H,38,43). The molecule has 1 aliphatic heterocycles. The SMILES string of the molecule is CCCN(C(=O)NCc1ccccc1)C1CCN(CC2CC(N(C)C(=O)Cc3ccccc3)CC2c2ccccc2)CC1. The van der Waals surface area contributed by atoms with Gasteiger partial charge >= 0.3 is 6.03 Å². The molecular weight excluding hydrogens is 532 g/mol. The fraction of sp³-hybridized carbons (Fsp3) is 0.459. The van der Waals surface area contributed by atoms with Gasteiger partial charge in [0, 0.05) is 51.9 Å². The van der Waals surface area contributed by atoms with E-state index in [0.29, 0.717) is 24.8 Å². The molecule has 1 saturated heterocycles. The van der Waals surface area contributed by atoms with Gasteiger partial charge in [-0.25, -0.2) is 4.79 Å². The second-order valence-electron chi connectivity index (χ2n) is 12.4. The molecule has 1 saturated carbocycles. The summed E-state index contributed by atoms with van der Waals surface area (Å²) in [6, 6.07) is 31.6. The van der Waals surface area contributed by atoms with Crippen LogP contribution < -0.4 is 5.32 Å². The summed E-state index contributed by atoms with van der Waals surface area (Å²) in [6.45, 7) is 6.54. The summed E-state index contributed by atoms with van der Waals surface area (Å²) in [6.07, 6.45) is 5.45. The van der Waals surface area contributed by atoms with Crippen molar-refractivity contribution in [3.8, 4) is 0 Å². The average molecular weight is 581 g/mol. The molecular formula is C37H48N4O2. The maximum Gasteiger partial charge on any atom is 0.317 e. The summed E-state index contributed by atoms with van der Waals surface area (Å²) in [4.78, 5) is 33.2. The monoisotopic (exact) mass is 580 g/mol. The van der Waals surface area contributed by atoms with Crippen LogP contribution in [0.2, 0.25) is 0 Å². The van der Waals surface area contributed by atoms with Gasteiger partial charge in [0.25, 0.3) is 0 Å². The lowest BCUT2D eigenvalue weighted by atomic mass is 9.88. The number of nitrogens with one attached hydrogen (secondary N) is 1. The second kappa shape index (κ2) is 15.2. The van der Waals surface area contributed by atoms with Crippen LogP contribution in [0.1, 0.15) is 61.6 Å². The van der Waals surface area contributed by atoms with Crippen molar-refractivity contribution < 1.29 is 9.59 Å². The summed E-state index contributed by atoms with van der Waals surface area (Å²) in [5.74, 6) is 1.14. The van der Waals surface area contributed by atoms with Crippen molar-refractivity contribution in [2.75, 3.05) is 33.2 Å². The van der Waals surface area contributed by atoms with E-state index in [1.807, 2.05) is 60.5 Å². The van der Waals surface area contributed by atoms with Gasteiger partial charge in [0.2, 0.25) is 5.91 Å². The van der Waals surface area contributed by atoms with Gasteiger partial charge in [-0.2, -0.15) is 0 Å². The lowest BCUT2D eigenvalue weighted by Gasteiger charge is -2.39. The molecule has 2 fully saturated rings. The molecule has 0 radical (unpaired) electrons. The van der Waals surface area contributed by atoms with E-state index in [1.54, 1.807) is 0 Å². The number of rotatable bonds is 11. The maximum atomic E-state index is 13.3. The fourth-order valence-electron chi connectivity index (χ4n) is 7.13. The molecule has 1 heterocycles. The van der Waals surface area contributed by atoms with Gasteiger partial charge in [-0.1, -0.05) is 97.9 Å². The minimum Gasteiger partial charge on any atom is -0.342 e. The molecule has 0 spiro atoms. The molecule has 6 nitrogen and oxygen atoms in total. The van der Waals surface area contributed by atoms with Crippen LogP contribution in [0.25, 0.3) is 0 Å². The van der Waals surface area contributed by atoms with Crippen LogP contribution >= 0.6 is 0 Å². The Kier molecular flexibility index (Phi) is 10.9. The van der Waals surface area contributed by atoms with Crippen LogP contribution in [0.4, 0.5) is 4.79 Å². The molecule has 6 heteroatoms. The van der Waals surface area contributed by atoms with Crippen molar-refractivity contribution in [1.82, 2.24) is 20.0 Å². The van der Waals surface area contributed by atoms with E-state index in [0.717, 1.165) is 69.4 Å². The number of amides is 3. The number of likely N-dealkylation sites (tertiary alicyclic amines) is 1. The molecule has 3 atom stereocenters. The molecule has 3 aromatic rings. The molecule has 3 amide bonds. The van der Waals surface area contributed by atoms with Gasteiger partial charge in [0.15, 0.2) is 0 Å². The Balaban J connectivity index is 1.18. The Morgan fingerprint density at radius 3 is 2.05 bits per heavy atom. The number of urea groups is 1. The minimum atomic E-state index is 0.0511. The molecule has 2 aliphatic rings. The first kappa shape index (κ1) is 30.8. The average Bonchev–Trinajstić information content (AvgIpc) is 3.47. The predicted molar refractivity (Wildman–Crippen MR) is 174 cm³/mol. The van der Waals surface area contributed by atoms with E-state index < -0.39 is 0 Å². The maximum absolute atomic E-state index is 13.3. The van der Waals surface area contributed by atoms with E-state index >= 15 is 0 Å². The zero-order chi connectivity index (χ0) is 30.0. The highest BCUT2D eigenvalue weighted by Crippen LogP contribution is 2.42. The quantitative estimate of drug-likeness (QED) is 0.288. The van der Waals surface area contributed by atoms with E-state index in [-0.39, 0.29) is 24.0 Å². The molecule has 1 aliphatic carbocycles. The zero-order valence-corrected chi connectivity index (χ0v) is 25.9. The van der Waals surface area contributed by atoms with Crippen molar-refractivity contribution in [3.05, 3.63) is 108 Å². The van der Waals surface area contributed by atoms with Crippen LogP contribution in [0.15, 0.2) is 91.0 Å². The topological polar surface area (TPSA) is 55.9 Å². The highest BCUT2D eigenvalue weighted by molar-refractivity contribution is 5.79. The number of carbonyl (C=O) groups is 2. The molecule has 228 valence electrons. The predicted octanol–water partition coefficient (Wildman–Crippen LogP) is 6.34. The summed E-state index contributed by atoms with van der Waals surface area (Å²) < 4.78 is 0. The van der Waals surface area contributed by atoms with Crippen LogP contribution in [0.3, 0.4) is 0 Å². The Morgan fingerprint density at radius 1 is 0.814 bits per heavy atom. The van der Waals surface area contributed by atoms with E-state index in [4.69, 9.17) is 0 Å². The number of hydrogen-bond donors (Lipinski definition) is 1. The van der Waals surface area contributed by atoms with Crippen LogP contribution in [0, 0.1) is 5.92 Å². The van der Waals surface area contributed by atoms with Gasteiger partial charge in [-0.05, 0) is 60.6 Å². The van der Waals surface area contributed by atoms with Crippen molar-refractivity contribution in [2.45, 2.75) is 70.0 Å². The largest absolute Gasteiger partial charge is 0.342 e. The third-order valence-corrected chi connectivity index (χ3v) is 9.54. The first-order valence-electron chi connectivity index (χ1n) is 16.2. The Hall–Kier alpha value is -3.64. The van der Waals surface area contributed by atoms with E-state index in [9.17, 15) is 9.59 Å². The fourth-order valence-corrected chi connectivity index (χ4v) is 7.13. The molecule has 3 unspecified atom stereocenters. The van der Waals surface area contributed by atoms with E-state index in [1.165, 1.54) is 5.56 Å². The highest BCUT2D eigenvalue weighted by atomic mass is 16.2. The Labute approximate surface area is 258 Å². The first-order valence-corrected chi connectivity index (χ1v) is 16.2. The summed E-state index contributed by atoms with van der Waals surface area (Å²) >= 11 is 0.